The highest BCUT2D eigenvalue weighted by Gasteiger charge is 2.34. The molecule has 0 amide bonds. The molecular weight excluding hydrogens is 324 g/mol. The van der Waals surface area contributed by atoms with Crippen molar-refractivity contribution in [2.45, 2.75) is 6.18 Å². The number of H-pyrrole nitrogens is 1. The zero-order valence-corrected chi connectivity index (χ0v) is 11.9. The Morgan fingerprint density at radius 1 is 1.00 bits per heavy atom. The van der Waals surface area contributed by atoms with Crippen molar-refractivity contribution in [3.63, 3.8) is 0 Å². The summed E-state index contributed by atoms with van der Waals surface area (Å²) in [7, 11) is 0. The van der Waals surface area contributed by atoms with Gasteiger partial charge in [-0.3, -0.25) is 0 Å². The van der Waals surface area contributed by atoms with E-state index >= 15 is 0 Å². The summed E-state index contributed by atoms with van der Waals surface area (Å²) in [6, 6.07) is 11.0. The lowest BCUT2D eigenvalue weighted by atomic mass is 9.99. The Bertz CT molecular complexity index is 920. The van der Waals surface area contributed by atoms with Crippen LogP contribution in [0, 0.1) is 17.1 Å². The van der Waals surface area contributed by atoms with Crippen LogP contribution in [-0.4, -0.2) is 15.4 Å². The summed E-state index contributed by atoms with van der Waals surface area (Å²) >= 11 is 0. The second-order valence-corrected chi connectivity index (χ2v) is 4.89. The number of halogens is 4. The fraction of sp³-hybridized carbons (Fsp3) is 0.0625. The van der Waals surface area contributed by atoms with Gasteiger partial charge in [-0.15, -0.1) is 5.10 Å². The predicted octanol–water partition coefficient (Wildman–Crippen LogP) is 4.17. The van der Waals surface area contributed by atoms with Crippen LogP contribution in [0.15, 0.2) is 42.5 Å². The van der Waals surface area contributed by atoms with E-state index in [2.05, 4.69) is 15.4 Å². The lowest BCUT2D eigenvalue weighted by Gasteiger charge is -2.11. The summed E-state index contributed by atoms with van der Waals surface area (Å²) in [6.07, 6.45) is -4.76. The highest BCUT2D eigenvalue weighted by atomic mass is 19.4. The van der Waals surface area contributed by atoms with Crippen molar-refractivity contribution >= 4 is 0 Å². The van der Waals surface area contributed by atoms with Gasteiger partial charge in [-0.1, -0.05) is 41.6 Å². The molecule has 0 aliphatic heterocycles. The lowest BCUT2D eigenvalue weighted by molar-refractivity contribution is -0.139. The molecule has 0 fully saturated rings. The van der Waals surface area contributed by atoms with Crippen LogP contribution in [0.2, 0.25) is 0 Å². The second kappa shape index (κ2) is 5.77. The van der Waals surface area contributed by atoms with Gasteiger partial charge in [-0.05, 0) is 11.6 Å². The van der Waals surface area contributed by atoms with E-state index < -0.39 is 17.6 Å². The van der Waals surface area contributed by atoms with Crippen LogP contribution in [0.25, 0.3) is 22.4 Å². The van der Waals surface area contributed by atoms with Crippen LogP contribution in [0.1, 0.15) is 11.3 Å². The smallest absolute Gasteiger partial charge is 0.247 e. The topological polar surface area (TPSA) is 65.4 Å². The van der Waals surface area contributed by atoms with Gasteiger partial charge in [0.05, 0.1) is 5.56 Å². The molecule has 120 valence electrons. The first kappa shape index (κ1) is 15.7. The molecule has 0 aliphatic rings. The van der Waals surface area contributed by atoms with Gasteiger partial charge in [0.1, 0.15) is 17.6 Å². The third kappa shape index (κ3) is 2.72. The number of aromatic amines is 1. The van der Waals surface area contributed by atoms with Crippen LogP contribution in [-0.2, 0) is 6.18 Å². The molecule has 8 heteroatoms. The third-order valence-corrected chi connectivity index (χ3v) is 3.43. The molecule has 0 unspecified atom stereocenters. The predicted molar refractivity (Wildman–Crippen MR) is 76.9 cm³/mol. The van der Waals surface area contributed by atoms with Crippen molar-refractivity contribution in [2.75, 3.05) is 0 Å². The van der Waals surface area contributed by atoms with Crippen LogP contribution >= 0.6 is 0 Å². The third-order valence-electron chi connectivity index (χ3n) is 3.43. The van der Waals surface area contributed by atoms with Crippen molar-refractivity contribution in [1.29, 1.82) is 5.26 Å². The van der Waals surface area contributed by atoms with E-state index in [1.54, 1.807) is 0 Å². The van der Waals surface area contributed by atoms with Gasteiger partial charge >= 0.3 is 6.18 Å². The Morgan fingerprint density at radius 3 is 2.29 bits per heavy atom. The molecule has 0 aliphatic carbocycles. The minimum absolute atomic E-state index is 0.156. The number of benzene rings is 2. The zero-order valence-electron chi connectivity index (χ0n) is 11.9. The van der Waals surface area contributed by atoms with Gasteiger partial charge in [-0.2, -0.15) is 18.4 Å². The molecule has 1 aromatic heterocycles. The molecule has 0 atom stereocenters. The Hall–Kier alpha value is -3.21. The molecule has 0 radical (unpaired) electrons. The first-order chi connectivity index (χ1) is 11.4. The van der Waals surface area contributed by atoms with Gasteiger partial charge in [0, 0.05) is 11.1 Å². The fourth-order valence-electron chi connectivity index (χ4n) is 2.29. The highest BCUT2D eigenvalue weighted by molar-refractivity contribution is 5.71. The molecule has 4 nitrogen and oxygen atoms in total. The molecule has 0 saturated heterocycles. The maximum Gasteiger partial charge on any atom is 0.419 e. The number of nitriles is 1. The van der Waals surface area contributed by atoms with Crippen molar-refractivity contribution in [3.8, 4) is 28.5 Å². The number of nitrogens with one attached hydrogen (secondary N) is 1. The van der Waals surface area contributed by atoms with Gasteiger partial charge in [-0.25, -0.2) is 9.49 Å². The minimum atomic E-state index is -4.76. The molecule has 1 heterocycles. The van der Waals surface area contributed by atoms with E-state index in [4.69, 9.17) is 5.26 Å². The van der Waals surface area contributed by atoms with Gasteiger partial charge in [0.25, 0.3) is 0 Å². The van der Waals surface area contributed by atoms with E-state index in [9.17, 15) is 17.6 Å². The molecule has 3 rings (SSSR count). The quantitative estimate of drug-likeness (QED) is 0.716. The first-order valence-electron chi connectivity index (χ1n) is 6.69. The fourth-order valence-corrected chi connectivity index (χ4v) is 2.29. The van der Waals surface area contributed by atoms with Gasteiger partial charge < -0.3 is 0 Å². The van der Waals surface area contributed by atoms with Crippen molar-refractivity contribution in [3.05, 3.63) is 59.5 Å². The Morgan fingerprint density at radius 2 is 1.67 bits per heavy atom. The number of aromatic nitrogens is 3. The van der Waals surface area contributed by atoms with Gasteiger partial charge in [0.15, 0.2) is 5.69 Å². The standard InChI is InChI=1S/C16H8F4N4/c17-14-11(2-1-3-12(14)16(18,19)20)9-4-6-10(7-5-9)15-13(8-21)22-24-23-15/h1-7H,(H,22,23,24). The molecular formula is C16H8F4N4. The van der Waals surface area contributed by atoms with Gasteiger partial charge in [0.2, 0.25) is 0 Å². The molecule has 0 saturated carbocycles. The average Bonchev–Trinajstić information content (AvgIpc) is 3.03. The summed E-state index contributed by atoms with van der Waals surface area (Å²) < 4.78 is 52.5. The van der Waals surface area contributed by atoms with Crippen LogP contribution in [0.4, 0.5) is 17.6 Å². The highest BCUT2D eigenvalue weighted by Crippen LogP contribution is 2.35. The number of hydrogen-bond acceptors (Lipinski definition) is 3. The Labute approximate surface area is 133 Å². The number of alkyl halides is 3. The maximum absolute atomic E-state index is 14.2. The largest absolute Gasteiger partial charge is 0.419 e. The summed E-state index contributed by atoms with van der Waals surface area (Å²) in [5.41, 5.74) is -0.174. The van der Waals surface area contributed by atoms with Crippen LogP contribution in [0.3, 0.4) is 0 Å². The maximum atomic E-state index is 14.2. The Kier molecular flexibility index (Phi) is 3.77. The molecule has 0 bridgehead atoms. The molecule has 0 spiro atoms. The number of rotatable bonds is 2. The Balaban J connectivity index is 2.02. The van der Waals surface area contributed by atoms with E-state index in [0.29, 0.717) is 17.3 Å². The van der Waals surface area contributed by atoms with Crippen LogP contribution < -0.4 is 0 Å². The van der Waals surface area contributed by atoms with Crippen molar-refractivity contribution < 1.29 is 17.6 Å². The molecule has 1 N–H and O–H groups in total. The summed E-state index contributed by atoms with van der Waals surface area (Å²) in [5, 5.41) is 18.6. The SMILES string of the molecule is N#Cc1[nH]nnc1-c1ccc(-c2cccc(C(F)(F)F)c2F)cc1. The average molecular weight is 332 g/mol. The van der Waals surface area contributed by atoms with Crippen molar-refractivity contribution in [1.82, 2.24) is 15.4 Å². The summed E-state index contributed by atoms with van der Waals surface area (Å²) in [5.74, 6) is -1.32. The summed E-state index contributed by atoms with van der Waals surface area (Å²) in [4.78, 5) is 0. The first-order valence-corrected chi connectivity index (χ1v) is 6.69. The number of hydrogen-bond donors (Lipinski definition) is 1. The molecule has 3 aromatic rings. The van der Waals surface area contributed by atoms with E-state index in [1.165, 1.54) is 30.3 Å². The van der Waals surface area contributed by atoms with E-state index in [0.717, 1.165) is 6.07 Å². The monoisotopic (exact) mass is 332 g/mol. The molecule has 2 aromatic carbocycles. The van der Waals surface area contributed by atoms with Crippen molar-refractivity contribution in [2.24, 2.45) is 0 Å². The van der Waals surface area contributed by atoms with E-state index in [1.807, 2.05) is 6.07 Å². The summed E-state index contributed by atoms with van der Waals surface area (Å²) in [6.45, 7) is 0. The van der Waals surface area contributed by atoms with E-state index in [-0.39, 0.29) is 16.8 Å². The molecule has 24 heavy (non-hydrogen) atoms. The lowest BCUT2D eigenvalue weighted by Crippen LogP contribution is -2.08. The second-order valence-electron chi connectivity index (χ2n) is 4.89. The minimum Gasteiger partial charge on any atom is -0.247 e. The normalized spacial score (nSPS) is 11.3. The van der Waals surface area contributed by atoms with Crippen LogP contribution in [0.5, 0.6) is 0 Å². The number of nitrogens with zero attached hydrogens (tertiary/aromatic N) is 3. The zero-order chi connectivity index (χ0) is 17.3.